The number of hydrogen-bond donors (Lipinski definition) is 1. The Morgan fingerprint density at radius 3 is 2.53 bits per heavy atom. The molecule has 0 aromatic heterocycles. The van der Waals surface area contributed by atoms with Crippen LogP contribution in [0.15, 0.2) is 42.5 Å². The summed E-state index contributed by atoms with van der Waals surface area (Å²) in [5, 5.41) is 2.43. The summed E-state index contributed by atoms with van der Waals surface area (Å²) in [5.41, 5.74) is 0.452. The number of methoxy groups -OCH3 is 1. The van der Waals surface area contributed by atoms with Crippen molar-refractivity contribution in [1.29, 1.82) is 0 Å². The van der Waals surface area contributed by atoms with E-state index >= 15 is 0 Å². The van der Waals surface area contributed by atoms with Crippen LogP contribution in [-0.4, -0.2) is 13.0 Å². The molecule has 0 aliphatic heterocycles. The maximum atomic E-state index is 13.6. The molecule has 2 aromatic carbocycles. The number of hydrogen-bond acceptors (Lipinski definition) is 2. The minimum Gasteiger partial charge on any atom is -0.497 e. The number of carbonyl (C=O) groups excluding carboxylic acids is 1. The SMILES string of the molecule is COc1ccc(C(=O)Nc2cccc(Cl)c2F)cc1. The molecule has 5 heteroatoms. The van der Waals surface area contributed by atoms with Crippen LogP contribution in [0.25, 0.3) is 0 Å². The van der Waals surface area contributed by atoms with Crippen molar-refractivity contribution in [2.45, 2.75) is 0 Å². The van der Waals surface area contributed by atoms with Crippen LogP contribution < -0.4 is 10.1 Å². The Bertz CT molecular complexity index is 599. The lowest BCUT2D eigenvalue weighted by molar-refractivity contribution is 0.102. The molecule has 0 aliphatic rings. The van der Waals surface area contributed by atoms with Crippen LogP contribution in [0.2, 0.25) is 5.02 Å². The predicted molar refractivity (Wildman–Crippen MR) is 72.4 cm³/mol. The molecule has 0 heterocycles. The zero-order valence-electron chi connectivity index (χ0n) is 10.1. The van der Waals surface area contributed by atoms with Crippen LogP contribution in [-0.2, 0) is 0 Å². The summed E-state index contributed by atoms with van der Waals surface area (Å²) < 4.78 is 18.6. The lowest BCUT2D eigenvalue weighted by Crippen LogP contribution is -2.12. The Hall–Kier alpha value is -2.07. The van der Waals surface area contributed by atoms with E-state index in [0.29, 0.717) is 11.3 Å². The van der Waals surface area contributed by atoms with Gasteiger partial charge in [0.25, 0.3) is 5.91 Å². The number of nitrogens with one attached hydrogen (secondary N) is 1. The Balaban J connectivity index is 2.18. The van der Waals surface area contributed by atoms with Gasteiger partial charge in [0.05, 0.1) is 17.8 Å². The van der Waals surface area contributed by atoms with E-state index in [1.54, 1.807) is 30.3 Å². The fraction of sp³-hybridized carbons (Fsp3) is 0.0714. The monoisotopic (exact) mass is 279 g/mol. The van der Waals surface area contributed by atoms with Crippen molar-refractivity contribution in [2.24, 2.45) is 0 Å². The summed E-state index contributed by atoms with van der Waals surface area (Å²) in [6.07, 6.45) is 0. The van der Waals surface area contributed by atoms with Crippen LogP contribution in [0, 0.1) is 5.82 Å². The smallest absolute Gasteiger partial charge is 0.255 e. The van der Waals surface area contributed by atoms with Gasteiger partial charge in [-0.2, -0.15) is 0 Å². The summed E-state index contributed by atoms with van der Waals surface area (Å²) >= 11 is 5.64. The van der Waals surface area contributed by atoms with Gasteiger partial charge in [-0.3, -0.25) is 4.79 Å². The van der Waals surface area contributed by atoms with E-state index in [1.807, 2.05) is 0 Å². The van der Waals surface area contributed by atoms with Crippen LogP contribution >= 0.6 is 11.6 Å². The van der Waals surface area contributed by atoms with Crippen molar-refractivity contribution < 1.29 is 13.9 Å². The molecule has 3 nitrogen and oxygen atoms in total. The highest BCUT2D eigenvalue weighted by Crippen LogP contribution is 2.22. The molecule has 0 fully saturated rings. The number of rotatable bonds is 3. The molecule has 0 spiro atoms. The van der Waals surface area contributed by atoms with Crippen molar-refractivity contribution in [2.75, 3.05) is 12.4 Å². The number of halogens is 2. The van der Waals surface area contributed by atoms with Gasteiger partial charge < -0.3 is 10.1 Å². The van der Waals surface area contributed by atoms with Gasteiger partial charge >= 0.3 is 0 Å². The van der Waals surface area contributed by atoms with Crippen molar-refractivity contribution in [1.82, 2.24) is 0 Å². The van der Waals surface area contributed by atoms with Gasteiger partial charge in [-0.05, 0) is 36.4 Å². The number of ether oxygens (including phenoxy) is 1. The average Bonchev–Trinajstić information content (AvgIpc) is 2.44. The van der Waals surface area contributed by atoms with E-state index in [1.165, 1.54) is 19.2 Å². The first-order valence-electron chi connectivity index (χ1n) is 5.51. The van der Waals surface area contributed by atoms with E-state index in [-0.39, 0.29) is 10.7 Å². The van der Waals surface area contributed by atoms with Gasteiger partial charge in [-0.1, -0.05) is 17.7 Å². The Morgan fingerprint density at radius 1 is 1.21 bits per heavy atom. The van der Waals surface area contributed by atoms with Gasteiger partial charge in [0.1, 0.15) is 5.75 Å². The van der Waals surface area contributed by atoms with E-state index < -0.39 is 11.7 Å². The largest absolute Gasteiger partial charge is 0.497 e. The van der Waals surface area contributed by atoms with Crippen molar-refractivity contribution in [3.8, 4) is 5.75 Å². The topological polar surface area (TPSA) is 38.3 Å². The fourth-order valence-corrected chi connectivity index (χ4v) is 1.71. The minimum absolute atomic E-state index is 0.0347. The number of amides is 1. The molecule has 98 valence electrons. The zero-order valence-corrected chi connectivity index (χ0v) is 10.9. The molecule has 19 heavy (non-hydrogen) atoms. The summed E-state index contributed by atoms with van der Waals surface area (Å²) in [4.78, 5) is 11.9. The Kier molecular flexibility index (Phi) is 4.02. The molecular formula is C14H11ClFNO2. The molecule has 0 aliphatic carbocycles. The molecule has 1 amide bonds. The fourth-order valence-electron chi connectivity index (χ4n) is 1.54. The summed E-state index contributed by atoms with van der Waals surface area (Å²) in [6, 6.07) is 10.9. The Labute approximate surface area is 115 Å². The summed E-state index contributed by atoms with van der Waals surface area (Å²) in [5.74, 6) is -0.416. The second-order valence-electron chi connectivity index (χ2n) is 3.78. The van der Waals surface area contributed by atoms with Gasteiger partial charge in [0.15, 0.2) is 5.82 Å². The molecule has 0 radical (unpaired) electrons. The highest BCUT2D eigenvalue weighted by Gasteiger charge is 2.11. The van der Waals surface area contributed by atoms with E-state index in [0.717, 1.165) is 0 Å². The highest BCUT2D eigenvalue weighted by atomic mass is 35.5. The van der Waals surface area contributed by atoms with Gasteiger partial charge in [0, 0.05) is 5.56 Å². The zero-order chi connectivity index (χ0) is 13.8. The van der Waals surface area contributed by atoms with E-state index in [4.69, 9.17) is 16.3 Å². The maximum Gasteiger partial charge on any atom is 0.255 e. The van der Waals surface area contributed by atoms with Crippen molar-refractivity contribution in [3.63, 3.8) is 0 Å². The third-order valence-corrected chi connectivity index (χ3v) is 2.84. The van der Waals surface area contributed by atoms with Crippen molar-refractivity contribution in [3.05, 3.63) is 58.9 Å². The normalized spacial score (nSPS) is 10.1. The van der Waals surface area contributed by atoms with Crippen molar-refractivity contribution >= 4 is 23.2 Å². The number of anilines is 1. The lowest BCUT2D eigenvalue weighted by Gasteiger charge is -2.07. The summed E-state index contributed by atoms with van der Waals surface area (Å²) in [6.45, 7) is 0. The molecule has 0 saturated heterocycles. The van der Waals surface area contributed by atoms with Gasteiger partial charge in [-0.25, -0.2) is 4.39 Å². The molecule has 0 bridgehead atoms. The first kappa shape index (κ1) is 13.4. The molecular weight excluding hydrogens is 269 g/mol. The predicted octanol–water partition coefficient (Wildman–Crippen LogP) is 3.74. The highest BCUT2D eigenvalue weighted by molar-refractivity contribution is 6.31. The van der Waals surface area contributed by atoms with Crippen LogP contribution in [0.5, 0.6) is 5.75 Å². The molecule has 0 saturated carbocycles. The third-order valence-electron chi connectivity index (χ3n) is 2.55. The lowest BCUT2D eigenvalue weighted by atomic mass is 10.2. The van der Waals surface area contributed by atoms with Crippen LogP contribution in [0.1, 0.15) is 10.4 Å². The third kappa shape index (κ3) is 3.03. The van der Waals surface area contributed by atoms with E-state index in [2.05, 4.69) is 5.32 Å². The molecule has 2 rings (SSSR count). The Morgan fingerprint density at radius 2 is 1.89 bits per heavy atom. The first-order valence-corrected chi connectivity index (χ1v) is 5.89. The second kappa shape index (κ2) is 5.71. The van der Waals surface area contributed by atoms with Gasteiger partial charge in [0.2, 0.25) is 0 Å². The average molecular weight is 280 g/mol. The second-order valence-corrected chi connectivity index (χ2v) is 4.19. The molecule has 0 atom stereocenters. The quantitative estimate of drug-likeness (QED) is 0.929. The van der Waals surface area contributed by atoms with Crippen LogP contribution in [0.3, 0.4) is 0 Å². The number of carbonyl (C=O) groups is 1. The minimum atomic E-state index is -0.647. The first-order chi connectivity index (χ1) is 9.11. The van der Waals surface area contributed by atoms with Crippen LogP contribution in [0.4, 0.5) is 10.1 Å². The molecule has 0 unspecified atom stereocenters. The standard InChI is InChI=1S/C14H11ClFNO2/c1-19-10-7-5-9(6-8-10)14(18)17-12-4-2-3-11(15)13(12)16/h2-8H,1H3,(H,17,18). The maximum absolute atomic E-state index is 13.6. The van der Waals surface area contributed by atoms with Gasteiger partial charge in [-0.15, -0.1) is 0 Å². The molecule has 1 N–H and O–H groups in total. The summed E-state index contributed by atoms with van der Waals surface area (Å²) in [7, 11) is 1.54. The molecule has 2 aromatic rings. The van der Waals surface area contributed by atoms with E-state index in [9.17, 15) is 9.18 Å². The number of benzene rings is 2.